The van der Waals surface area contributed by atoms with Gasteiger partial charge in [0.1, 0.15) is 23.2 Å². The summed E-state index contributed by atoms with van der Waals surface area (Å²) in [4.78, 5) is 17.1. The number of aromatic nitrogens is 2. The summed E-state index contributed by atoms with van der Waals surface area (Å²) in [5, 5.41) is 15.1. The van der Waals surface area contributed by atoms with E-state index in [1.165, 1.54) is 17.3 Å². The molecule has 2 aliphatic heterocycles. The van der Waals surface area contributed by atoms with Gasteiger partial charge < -0.3 is 14.7 Å². The van der Waals surface area contributed by atoms with Crippen LogP contribution in [0.25, 0.3) is 0 Å². The first-order valence-electron chi connectivity index (χ1n) is 17.0. The van der Waals surface area contributed by atoms with E-state index in [0.717, 1.165) is 62.4 Å². The van der Waals surface area contributed by atoms with Crippen LogP contribution < -0.4 is 4.74 Å². The van der Waals surface area contributed by atoms with Crippen molar-refractivity contribution < 1.29 is 19.0 Å². The summed E-state index contributed by atoms with van der Waals surface area (Å²) < 4.78 is 22.5. The van der Waals surface area contributed by atoms with E-state index in [4.69, 9.17) is 9.84 Å². The Kier molecular flexibility index (Phi) is 10.3. The normalized spacial score (nSPS) is 21.0. The molecule has 2 saturated heterocycles. The number of carboxylic acids is 1. The lowest BCUT2D eigenvalue weighted by atomic mass is 9.85. The molecule has 0 amide bonds. The fourth-order valence-electron chi connectivity index (χ4n) is 7.63. The van der Waals surface area contributed by atoms with E-state index in [0.29, 0.717) is 19.0 Å². The summed E-state index contributed by atoms with van der Waals surface area (Å²) in [6.45, 7) is 19.3. The predicted molar refractivity (Wildman–Crippen MR) is 181 cm³/mol. The number of piperidine rings is 1. The molecule has 1 N–H and O–H groups in total. The van der Waals surface area contributed by atoms with Crippen molar-refractivity contribution in [2.75, 3.05) is 32.7 Å². The van der Waals surface area contributed by atoms with Gasteiger partial charge in [0.05, 0.1) is 5.69 Å². The lowest BCUT2D eigenvalue weighted by molar-refractivity contribution is -0.147. The predicted octanol–water partition coefficient (Wildman–Crippen LogP) is 7.20. The number of nitrogens with zero attached hydrogens (tertiary/aromatic N) is 4. The highest BCUT2D eigenvalue weighted by Gasteiger charge is 2.44. The molecule has 0 aliphatic carbocycles. The molecule has 2 fully saturated rings. The van der Waals surface area contributed by atoms with Gasteiger partial charge >= 0.3 is 5.97 Å². The summed E-state index contributed by atoms with van der Waals surface area (Å²) >= 11 is 0. The molecule has 250 valence electrons. The maximum atomic E-state index is 14.3. The number of aliphatic carboxylic acids is 1. The van der Waals surface area contributed by atoms with Crippen molar-refractivity contribution in [1.82, 2.24) is 19.6 Å². The fourth-order valence-corrected chi connectivity index (χ4v) is 7.63. The molecule has 46 heavy (non-hydrogen) atoms. The van der Waals surface area contributed by atoms with Gasteiger partial charge in [0, 0.05) is 50.1 Å². The van der Waals surface area contributed by atoms with Crippen LogP contribution >= 0.6 is 0 Å². The fraction of sp³-hybridized carbons (Fsp3) is 0.579. The molecular formula is C38H53FN4O3. The van der Waals surface area contributed by atoms with E-state index in [1.54, 1.807) is 12.1 Å². The monoisotopic (exact) mass is 632 g/mol. The van der Waals surface area contributed by atoms with Crippen LogP contribution in [0.2, 0.25) is 0 Å². The minimum Gasteiger partial charge on any atom is -0.488 e. The van der Waals surface area contributed by atoms with E-state index in [1.807, 2.05) is 39.0 Å². The number of carboxylic acid groups (broad SMARTS) is 1. The van der Waals surface area contributed by atoms with Gasteiger partial charge in [-0.05, 0) is 106 Å². The number of halogens is 1. The summed E-state index contributed by atoms with van der Waals surface area (Å²) in [5.41, 5.74) is 3.98. The molecule has 0 radical (unpaired) electrons. The highest BCUT2D eigenvalue weighted by molar-refractivity contribution is 5.74. The van der Waals surface area contributed by atoms with Crippen LogP contribution in [0.3, 0.4) is 0 Å². The lowest BCUT2D eigenvalue weighted by Crippen LogP contribution is -2.48. The van der Waals surface area contributed by atoms with Crippen molar-refractivity contribution in [2.45, 2.75) is 97.8 Å². The second kappa shape index (κ2) is 13.9. The van der Waals surface area contributed by atoms with Crippen molar-refractivity contribution >= 4 is 5.97 Å². The standard InChI is InChI=1S/C38H53FN4O3/c1-8-43-34(22-31(40-43)20-26-12-14-32(15-13-26)46-38(5,6)7)27-16-18-41(19-17-27)23-29-24-42(35(36(44)45)37(2,3)4)25-33(29)28-10-9-11-30(39)21-28/h9-15,21-22,27,29,33,35H,8,16-20,23-25H2,1-7H3,(H,44,45)/t29?,33?,35-/m0/s1. The Bertz CT molecular complexity index is 1460. The Labute approximate surface area is 274 Å². The molecular weight excluding hydrogens is 579 g/mol. The first-order chi connectivity index (χ1) is 21.7. The van der Waals surface area contributed by atoms with Gasteiger partial charge in [-0.15, -0.1) is 0 Å². The molecule has 2 aromatic carbocycles. The maximum Gasteiger partial charge on any atom is 0.321 e. The van der Waals surface area contributed by atoms with Gasteiger partial charge in [-0.25, -0.2) is 4.39 Å². The van der Waals surface area contributed by atoms with Crippen molar-refractivity contribution in [1.29, 1.82) is 0 Å². The number of ether oxygens (including phenoxy) is 1. The molecule has 3 heterocycles. The topological polar surface area (TPSA) is 70.8 Å². The average molecular weight is 633 g/mol. The summed E-state index contributed by atoms with van der Waals surface area (Å²) in [7, 11) is 0. The number of hydrogen-bond acceptors (Lipinski definition) is 5. The van der Waals surface area contributed by atoms with Crippen LogP contribution in [-0.4, -0.2) is 75.0 Å². The SMILES string of the molecule is CCn1nc(Cc2ccc(OC(C)(C)C)cc2)cc1C1CCN(CC2CN([C@@H](C(=O)O)C(C)(C)C)CC2c2cccc(F)c2)CC1. The van der Waals surface area contributed by atoms with E-state index in [2.05, 4.69) is 60.4 Å². The summed E-state index contributed by atoms with van der Waals surface area (Å²) in [5.74, 6) is 0.638. The highest BCUT2D eigenvalue weighted by Crippen LogP contribution is 2.39. The van der Waals surface area contributed by atoms with Crippen molar-refractivity contribution in [2.24, 2.45) is 11.3 Å². The molecule has 1 aromatic heterocycles. The van der Waals surface area contributed by atoms with Crippen LogP contribution in [0.5, 0.6) is 5.75 Å². The van der Waals surface area contributed by atoms with Crippen molar-refractivity contribution in [3.63, 3.8) is 0 Å². The third-order valence-electron chi connectivity index (χ3n) is 9.56. The molecule has 2 aliphatic rings. The number of carbonyl (C=O) groups is 1. The zero-order valence-corrected chi connectivity index (χ0v) is 28.8. The number of benzene rings is 2. The van der Waals surface area contributed by atoms with Crippen LogP contribution in [0.1, 0.15) is 95.7 Å². The average Bonchev–Trinajstić information content (AvgIpc) is 3.56. The molecule has 0 bridgehead atoms. The van der Waals surface area contributed by atoms with Crippen molar-refractivity contribution in [3.05, 3.63) is 82.9 Å². The molecule has 7 nitrogen and oxygen atoms in total. The Balaban J connectivity index is 1.24. The Morgan fingerprint density at radius 2 is 1.72 bits per heavy atom. The number of rotatable bonds is 10. The smallest absolute Gasteiger partial charge is 0.321 e. The summed E-state index contributed by atoms with van der Waals surface area (Å²) in [6, 6.07) is 17.0. The summed E-state index contributed by atoms with van der Waals surface area (Å²) in [6.07, 6.45) is 2.91. The highest BCUT2D eigenvalue weighted by atomic mass is 19.1. The third-order valence-corrected chi connectivity index (χ3v) is 9.56. The Hall–Kier alpha value is -3.23. The molecule has 8 heteroatoms. The van der Waals surface area contributed by atoms with Crippen molar-refractivity contribution in [3.8, 4) is 5.75 Å². The molecule has 3 atom stereocenters. The second-order valence-electron chi connectivity index (χ2n) is 15.5. The van der Waals surface area contributed by atoms with E-state index in [-0.39, 0.29) is 23.3 Å². The number of aryl methyl sites for hydroxylation is 1. The second-order valence-corrected chi connectivity index (χ2v) is 15.5. The molecule has 0 spiro atoms. The zero-order chi connectivity index (χ0) is 33.2. The molecule has 0 saturated carbocycles. The van der Waals surface area contributed by atoms with Crippen LogP contribution in [-0.2, 0) is 17.8 Å². The zero-order valence-electron chi connectivity index (χ0n) is 28.8. The largest absolute Gasteiger partial charge is 0.488 e. The lowest BCUT2D eigenvalue weighted by Gasteiger charge is -2.36. The minimum absolute atomic E-state index is 0.0933. The van der Waals surface area contributed by atoms with Gasteiger partial charge in [0.25, 0.3) is 0 Å². The Morgan fingerprint density at radius 3 is 2.30 bits per heavy atom. The van der Waals surface area contributed by atoms with Gasteiger partial charge in [-0.2, -0.15) is 5.10 Å². The first-order valence-corrected chi connectivity index (χ1v) is 17.0. The minimum atomic E-state index is -0.787. The van der Waals surface area contributed by atoms with Gasteiger partial charge in [0.2, 0.25) is 0 Å². The number of likely N-dealkylation sites (tertiary alicyclic amines) is 2. The van der Waals surface area contributed by atoms with Gasteiger partial charge in [-0.1, -0.05) is 45.0 Å². The van der Waals surface area contributed by atoms with Crippen LogP contribution in [0.15, 0.2) is 54.6 Å². The third kappa shape index (κ3) is 8.37. The molecule has 3 aromatic rings. The molecule has 2 unspecified atom stereocenters. The van der Waals surface area contributed by atoms with E-state index in [9.17, 15) is 14.3 Å². The maximum absolute atomic E-state index is 14.3. The number of hydrogen-bond donors (Lipinski definition) is 1. The molecule has 5 rings (SSSR count). The van der Waals surface area contributed by atoms with Gasteiger partial charge in [-0.3, -0.25) is 14.4 Å². The van der Waals surface area contributed by atoms with Crippen LogP contribution in [0.4, 0.5) is 4.39 Å². The van der Waals surface area contributed by atoms with Gasteiger partial charge in [0.15, 0.2) is 0 Å². The van der Waals surface area contributed by atoms with Crippen LogP contribution in [0, 0.1) is 17.2 Å². The van der Waals surface area contributed by atoms with E-state index >= 15 is 0 Å². The van der Waals surface area contributed by atoms with E-state index < -0.39 is 17.4 Å². The Morgan fingerprint density at radius 1 is 1.02 bits per heavy atom. The first kappa shape index (κ1) is 34.1. The quantitative estimate of drug-likeness (QED) is 0.255.